The minimum atomic E-state index is -3.82. The van der Waals surface area contributed by atoms with Crippen molar-refractivity contribution in [2.45, 2.75) is 32.1 Å². The van der Waals surface area contributed by atoms with Gasteiger partial charge in [-0.25, -0.2) is 17.9 Å². The first kappa shape index (κ1) is 17.5. The highest BCUT2D eigenvalue weighted by molar-refractivity contribution is 7.89. The highest BCUT2D eigenvalue weighted by Gasteiger charge is 2.23. The number of nitrogens with one attached hydrogen (secondary N) is 1. The Balaban J connectivity index is 3.07. The molecule has 7 heteroatoms. The number of methoxy groups -OCH3 is 1. The van der Waals surface area contributed by atoms with Gasteiger partial charge in [0.25, 0.3) is 0 Å². The maximum Gasteiger partial charge on any atom is 0.339 e. The fraction of sp³-hybridized carbons (Fsp3) is 0.500. The minimum absolute atomic E-state index is 0.00339. The molecule has 0 unspecified atom stereocenters. The first-order chi connectivity index (χ1) is 9.57. The van der Waals surface area contributed by atoms with Crippen molar-refractivity contribution in [1.82, 2.24) is 4.72 Å². The number of esters is 1. The molecule has 0 aliphatic heterocycles. The molecule has 0 radical (unpaired) electrons. The predicted molar refractivity (Wildman–Crippen MR) is 81.5 cm³/mol. The number of hydrogen-bond donors (Lipinski definition) is 2. The largest absolute Gasteiger partial charge is 0.465 e. The Morgan fingerprint density at radius 1 is 1.33 bits per heavy atom. The Hall–Kier alpha value is -1.60. The molecular formula is C14H22N2O4S. The Bertz CT molecular complexity index is 618. The Morgan fingerprint density at radius 3 is 2.48 bits per heavy atom. The summed E-state index contributed by atoms with van der Waals surface area (Å²) < 4.78 is 31.8. The first-order valence-corrected chi connectivity index (χ1v) is 8.03. The number of nitrogen functional groups attached to an aromatic ring is 1. The van der Waals surface area contributed by atoms with Crippen LogP contribution in [0.15, 0.2) is 23.1 Å². The summed E-state index contributed by atoms with van der Waals surface area (Å²) in [4.78, 5) is 11.5. The fourth-order valence-electron chi connectivity index (χ4n) is 1.68. The van der Waals surface area contributed by atoms with E-state index in [1.807, 2.05) is 20.8 Å². The van der Waals surface area contributed by atoms with Crippen molar-refractivity contribution in [3.05, 3.63) is 23.8 Å². The molecule has 1 rings (SSSR count). The molecule has 0 atom stereocenters. The van der Waals surface area contributed by atoms with Crippen LogP contribution < -0.4 is 10.5 Å². The maximum atomic E-state index is 12.3. The lowest BCUT2D eigenvalue weighted by Gasteiger charge is -2.18. The number of nitrogens with two attached hydrogens (primary N) is 1. The molecule has 0 aliphatic rings. The van der Waals surface area contributed by atoms with Gasteiger partial charge in [0.05, 0.1) is 17.6 Å². The molecule has 21 heavy (non-hydrogen) atoms. The number of rotatable bonds is 5. The molecule has 1 aromatic carbocycles. The van der Waals surface area contributed by atoms with E-state index in [0.717, 1.165) is 0 Å². The van der Waals surface area contributed by atoms with E-state index in [0.29, 0.717) is 6.42 Å². The molecule has 0 fully saturated rings. The van der Waals surface area contributed by atoms with Crippen LogP contribution in [-0.2, 0) is 14.8 Å². The van der Waals surface area contributed by atoms with E-state index >= 15 is 0 Å². The summed E-state index contributed by atoms with van der Waals surface area (Å²) in [6, 6.07) is 4.06. The summed E-state index contributed by atoms with van der Waals surface area (Å²) in [7, 11) is -2.63. The van der Waals surface area contributed by atoms with E-state index in [4.69, 9.17) is 5.73 Å². The molecule has 0 aliphatic carbocycles. The molecular weight excluding hydrogens is 292 g/mol. The number of sulfonamides is 1. The predicted octanol–water partition coefficient (Wildman–Crippen LogP) is 1.77. The zero-order chi connectivity index (χ0) is 16.3. The van der Waals surface area contributed by atoms with Gasteiger partial charge in [0.2, 0.25) is 10.0 Å². The normalized spacial score (nSPS) is 12.2. The molecule has 3 N–H and O–H groups in total. The van der Waals surface area contributed by atoms with Crippen molar-refractivity contribution in [3.63, 3.8) is 0 Å². The zero-order valence-electron chi connectivity index (χ0n) is 12.8. The van der Waals surface area contributed by atoms with E-state index in [9.17, 15) is 13.2 Å². The van der Waals surface area contributed by atoms with Crippen LogP contribution in [0, 0.1) is 5.41 Å². The van der Waals surface area contributed by atoms with Crippen LogP contribution in [0.5, 0.6) is 0 Å². The van der Waals surface area contributed by atoms with E-state index in [-0.39, 0.29) is 28.1 Å². The fourth-order valence-corrected chi connectivity index (χ4v) is 2.94. The van der Waals surface area contributed by atoms with Crippen LogP contribution in [0.2, 0.25) is 0 Å². The SMILES string of the molecule is COC(=O)c1ccc(N)cc1S(=O)(=O)NCCC(C)(C)C. The monoisotopic (exact) mass is 314 g/mol. The van der Waals surface area contributed by atoms with Gasteiger partial charge in [0.15, 0.2) is 0 Å². The molecule has 0 aromatic heterocycles. The van der Waals surface area contributed by atoms with Crippen LogP contribution in [0.3, 0.4) is 0 Å². The number of hydrogen-bond acceptors (Lipinski definition) is 5. The lowest BCUT2D eigenvalue weighted by atomic mass is 9.93. The minimum Gasteiger partial charge on any atom is -0.465 e. The molecule has 6 nitrogen and oxygen atoms in total. The van der Waals surface area contributed by atoms with Gasteiger partial charge in [0, 0.05) is 12.2 Å². The van der Waals surface area contributed by atoms with Crippen molar-refractivity contribution < 1.29 is 17.9 Å². The van der Waals surface area contributed by atoms with Gasteiger partial charge in [-0.2, -0.15) is 0 Å². The second kappa shape index (κ2) is 6.44. The number of carbonyl (C=O) groups is 1. The van der Waals surface area contributed by atoms with Crippen LogP contribution in [0.4, 0.5) is 5.69 Å². The topological polar surface area (TPSA) is 98.5 Å². The summed E-state index contributed by atoms with van der Waals surface area (Å²) in [6.45, 7) is 6.33. The first-order valence-electron chi connectivity index (χ1n) is 6.54. The van der Waals surface area contributed by atoms with Crippen LogP contribution in [0.1, 0.15) is 37.6 Å². The van der Waals surface area contributed by atoms with Gasteiger partial charge in [-0.15, -0.1) is 0 Å². The standard InChI is InChI=1S/C14H22N2O4S/c1-14(2,3)7-8-16-21(18,19)12-9-10(15)5-6-11(12)13(17)20-4/h5-6,9,16H,7-8,15H2,1-4H3. The molecule has 0 amide bonds. The van der Waals surface area contributed by atoms with Crippen molar-refractivity contribution in [3.8, 4) is 0 Å². The van der Waals surface area contributed by atoms with Crippen molar-refractivity contribution in [2.24, 2.45) is 5.41 Å². The van der Waals surface area contributed by atoms with E-state index in [1.54, 1.807) is 0 Å². The molecule has 118 valence electrons. The maximum absolute atomic E-state index is 12.3. The highest BCUT2D eigenvalue weighted by Crippen LogP contribution is 2.21. The van der Waals surface area contributed by atoms with E-state index in [2.05, 4.69) is 9.46 Å². The molecule has 0 saturated heterocycles. The van der Waals surface area contributed by atoms with Crippen LogP contribution in [-0.4, -0.2) is 28.0 Å². The van der Waals surface area contributed by atoms with Crippen molar-refractivity contribution in [1.29, 1.82) is 0 Å². The van der Waals surface area contributed by atoms with Crippen molar-refractivity contribution >= 4 is 21.7 Å². The van der Waals surface area contributed by atoms with Crippen molar-refractivity contribution in [2.75, 3.05) is 19.4 Å². The Kier molecular flexibility index (Phi) is 5.36. The summed E-state index contributed by atoms with van der Waals surface area (Å²) in [5.74, 6) is -0.716. The zero-order valence-corrected chi connectivity index (χ0v) is 13.6. The molecule has 0 heterocycles. The number of ether oxygens (including phenoxy) is 1. The highest BCUT2D eigenvalue weighted by atomic mass is 32.2. The van der Waals surface area contributed by atoms with Gasteiger partial charge in [-0.3, -0.25) is 0 Å². The van der Waals surface area contributed by atoms with E-state index in [1.165, 1.54) is 25.3 Å². The third kappa shape index (κ3) is 5.02. The van der Waals surface area contributed by atoms with Gasteiger partial charge in [-0.1, -0.05) is 20.8 Å². The summed E-state index contributed by atoms with van der Waals surface area (Å²) >= 11 is 0. The summed E-state index contributed by atoms with van der Waals surface area (Å²) in [5.41, 5.74) is 5.85. The quantitative estimate of drug-likeness (QED) is 0.637. The number of anilines is 1. The van der Waals surface area contributed by atoms with E-state index < -0.39 is 16.0 Å². The number of benzene rings is 1. The third-order valence-corrected chi connectivity index (χ3v) is 4.37. The third-order valence-electron chi connectivity index (χ3n) is 2.87. The number of carbonyl (C=O) groups excluding carboxylic acids is 1. The Morgan fingerprint density at radius 2 is 1.95 bits per heavy atom. The van der Waals surface area contributed by atoms with Gasteiger partial charge in [-0.05, 0) is 30.0 Å². The summed E-state index contributed by atoms with van der Waals surface area (Å²) in [5, 5.41) is 0. The average Bonchev–Trinajstić information content (AvgIpc) is 2.36. The lowest BCUT2D eigenvalue weighted by molar-refractivity contribution is 0.0596. The molecule has 0 saturated carbocycles. The Labute approximate surface area is 125 Å². The van der Waals surface area contributed by atoms with Crippen LogP contribution >= 0.6 is 0 Å². The second-order valence-corrected chi connectivity index (χ2v) is 7.69. The molecule has 0 spiro atoms. The van der Waals surface area contributed by atoms with Gasteiger partial charge < -0.3 is 10.5 Å². The smallest absolute Gasteiger partial charge is 0.339 e. The van der Waals surface area contributed by atoms with Gasteiger partial charge in [0.1, 0.15) is 0 Å². The van der Waals surface area contributed by atoms with Gasteiger partial charge >= 0.3 is 5.97 Å². The van der Waals surface area contributed by atoms with Crippen LogP contribution in [0.25, 0.3) is 0 Å². The molecule has 1 aromatic rings. The lowest BCUT2D eigenvalue weighted by Crippen LogP contribution is -2.29. The second-order valence-electron chi connectivity index (χ2n) is 5.96. The average molecular weight is 314 g/mol. The summed E-state index contributed by atoms with van der Waals surface area (Å²) in [6.07, 6.45) is 0.669. The molecule has 0 bridgehead atoms.